The van der Waals surface area contributed by atoms with Crippen LogP contribution in [0, 0.1) is 0 Å². The Morgan fingerprint density at radius 3 is 2.69 bits per heavy atom. The standard InChI is InChI=1S/C23H19N5O2S2/c1-14-19(21(29)26-16-7-4-3-5-8-16)20(17-9-6-10-31-17)28-22(30)18(32-23(28)25-14)11-15-12-24-27(2)13-15/h3-13,20H,1-2H3,(H,26,29). The van der Waals surface area contributed by atoms with E-state index in [0.717, 1.165) is 10.4 Å². The monoisotopic (exact) mass is 461 g/mol. The Morgan fingerprint density at radius 1 is 1.19 bits per heavy atom. The van der Waals surface area contributed by atoms with Gasteiger partial charge < -0.3 is 5.32 Å². The predicted molar refractivity (Wildman–Crippen MR) is 126 cm³/mol. The number of thiophene rings is 1. The van der Waals surface area contributed by atoms with Gasteiger partial charge in [0, 0.05) is 29.4 Å². The molecule has 0 saturated carbocycles. The van der Waals surface area contributed by atoms with E-state index in [1.165, 1.54) is 22.7 Å². The Bertz CT molecular complexity index is 1510. The van der Waals surface area contributed by atoms with Crippen LogP contribution in [-0.4, -0.2) is 20.3 Å². The zero-order valence-corrected chi connectivity index (χ0v) is 19.0. The van der Waals surface area contributed by atoms with E-state index in [9.17, 15) is 9.59 Å². The van der Waals surface area contributed by atoms with Crippen LogP contribution >= 0.6 is 22.7 Å². The minimum absolute atomic E-state index is 0.173. The second-order valence-electron chi connectivity index (χ2n) is 7.36. The molecule has 0 aliphatic carbocycles. The summed E-state index contributed by atoms with van der Waals surface area (Å²) >= 11 is 2.83. The maximum absolute atomic E-state index is 13.5. The lowest BCUT2D eigenvalue weighted by Crippen LogP contribution is -2.40. The largest absolute Gasteiger partial charge is 0.322 e. The third kappa shape index (κ3) is 3.65. The van der Waals surface area contributed by atoms with Gasteiger partial charge in [-0.05, 0) is 36.6 Å². The Labute approximate surface area is 191 Å². The maximum atomic E-state index is 13.5. The van der Waals surface area contributed by atoms with E-state index >= 15 is 0 Å². The van der Waals surface area contributed by atoms with Crippen molar-refractivity contribution in [3.8, 4) is 0 Å². The van der Waals surface area contributed by atoms with Gasteiger partial charge in [0.15, 0.2) is 4.80 Å². The number of benzene rings is 1. The van der Waals surface area contributed by atoms with Crippen molar-refractivity contribution in [3.05, 3.63) is 102 Å². The number of fused-ring (bicyclic) bond motifs is 1. The van der Waals surface area contributed by atoms with Gasteiger partial charge in [-0.2, -0.15) is 5.10 Å². The summed E-state index contributed by atoms with van der Waals surface area (Å²) in [7, 11) is 1.83. The fraction of sp³-hybridized carbons (Fsp3) is 0.130. The van der Waals surface area contributed by atoms with E-state index in [4.69, 9.17) is 0 Å². The highest BCUT2D eigenvalue weighted by Crippen LogP contribution is 2.33. The van der Waals surface area contributed by atoms with Gasteiger partial charge in [0.1, 0.15) is 6.04 Å². The first kappa shape index (κ1) is 20.3. The zero-order valence-electron chi connectivity index (χ0n) is 17.4. The van der Waals surface area contributed by atoms with E-state index in [1.807, 2.05) is 74.1 Å². The van der Waals surface area contributed by atoms with Gasteiger partial charge in [0.2, 0.25) is 0 Å². The maximum Gasteiger partial charge on any atom is 0.271 e. The molecule has 1 aliphatic heterocycles. The molecule has 9 heteroatoms. The van der Waals surface area contributed by atoms with Crippen molar-refractivity contribution in [2.75, 3.05) is 5.32 Å². The van der Waals surface area contributed by atoms with E-state index in [-0.39, 0.29) is 11.5 Å². The number of para-hydroxylation sites is 1. The first-order valence-electron chi connectivity index (χ1n) is 9.92. The van der Waals surface area contributed by atoms with Gasteiger partial charge in [0.05, 0.1) is 22.0 Å². The summed E-state index contributed by atoms with van der Waals surface area (Å²) in [6.07, 6.45) is 5.36. The van der Waals surface area contributed by atoms with Crippen LogP contribution in [0.4, 0.5) is 5.69 Å². The third-order valence-corrected chi connectivity index (χ3v) is 7.04. The summed E-state index contributed by atoms with van der Waals surface area (Å²) in [5.41, 5.74) is 2.43. The van der Waals surface area contributed by atoms with Crippen molar-refractivity contribution in [1.82, 2.24) is 14.3 Å². The molecule has 1 aliphatic rings. The lowest BCUT2D eigenvalue weighted by atomic mass is 10.0. The van der Waals surface area contributed by atoms with Crippen LogP contribution in [0.5, 0.6) is 0 Å². The van der Waals surface area contributed by atoms with Gasteiger partial charge >= 0.3 is 0 Å². The number of amides is 1. The van der Waals surface area contributed by atoms with E-state index in [2.05, 4.69) is 15.4 Å². The summed E-state index contributed by atoms with van der Waals surface area (Å²) in [6, 6.07) is 12.6. The summed E-state index contributed by atoms with van der Waals surface area (Å²) in [5.74, 6) is -0.266. The summed E-state index contributed by atoms with van der Waals surface area (Å²) in [4.78, 5) is 33.0. The molecule has 1 aromatic carbocycles. The van der Waals surface area contributed by atoms with Gasteiger partial charge in [0.25, 0.3) is 11.5 Å². The van der Waals surface area contributed by atoms with Crippen molar-refractivity contribution >= 4 is 40.3 Å². The number of aromatic nitrogens is 3. The van der Waals surface area contributed by atoms with Crippen LogP contribution in [0.2, 0.25) is 0 Å². The predicted octanol–water partition coefficient (Wildman–Crippen LogP) is 2.67. The number of carbonyl (C=O) groups is 1. The molecule has 4 aromatic rings. The number of nitrogens with one attached hydrogen (secondary N) is 1. The Morgan fingerprint density at radius 2 is 2.00 bits per heavy atom. The summed E-state index contributed by atoms with van der Waals surface area (Å²) < 4.78 is 3.87. The molecule has 32 heavy (non-hydrogen) atoms. The van der Waals surface area contributed by atoms with E-state index in [1.54, 1.807) is 15.4 Å². The lowest BCUT2D eigenvalue weighted by Gasteiger charge is -2.24. The molecule has 3 aromatic heterocycles. The highest BCUT2D eigenvalue weighted by atomic mass is 32.1. The van der Waals surface area contributed by atoms with E-state index < -0.39 is 6.04 Å². The molecule has 0 radical (unpaired) electrons. The average Bonchev–Trinajstić information content (AvgIpc) is 3.50. The van der Waals surface area contributed by atoms with Gasteiger partial charge in [-0.25, -0.2) is 4.99 Å². The molecule has 0 bridgehead atoms. The number of rotatable bonds is 4. The quantitative estimate of drug-likeness (QED) is 0.507. The first-order valence-corrected chi connectivity index (χ1v) is 11.6. The van der Waals surface area contributed by atoms with Crippen molar-refractivity contribution in [2.45, 2.75) is 13.0 Å². The highest BCUT2D eigenvalue weighted by Gasteiger charge is 2.33. The number of aryl methyl sites for hydroxylation is 1. The van der Waals surface area contributed by atoms with Crippen LogP contribution in [-0.2, 0) is 11.8 Å². The van der Waals surface area contributed by atoms with E-state index in [0.29, 0.717) is 26.3 Å². The minimum atomic E-state index is -0.536. The summed E-state index contributed by atoms with van der Waals surface area (Å²) in [6.45, 7) is 1.82. The average molecular weight is 462 g/mol. The lowest BCUT2D eigenvalue weighted by molar-refractivity contribution is -0.113. The number of thiazole rings is 1. The molecule has 1 unspecified atom stereocenters. The molecule has 0 saturated heterocycles. The van der Waals surface area contributed by atoms with Crippen LogP contribution in [0.1, 0.15) is 23.4 Å². The molecule has 160 valence electrons. The fourth-order valence-electron chi connectivity index (χ4n) is 3.71. The molecule has 7 nitrogen and oxygen atoms in total. The number of allylic oxidation sites excluding steroid dienone is 1. The Balaban J connectivity index is 1.65. The number of hydrogen-bond donors (Lipinski definition) is 1. The van der Waals surface area contributed by atoms with Crippen LogP contribution < -0.4 is 20.2 Å². The summed E-state index contributed by atoms with van der Waals surface area (Å²) in [5, 5.41) is 9.06. The molecule has 0 fully saturated rings. The number of anilines is 1. The van der Waals surface area contributed by atoms with Gasteiger partial charge in [-0.15, -0.1) is 11.3 Å². The zero-order chi connectivity index (χ0) is 22.2. The van der Waals surface area contributed by atoms with Crippen LogP contribution in [0.25, 0.3) is 6.08 Å². The Kier molecular flexibility index (Phi) is 5.20. The number of carbonyl (C=O) groups excluding carboxylic acids is 1. The molecule has 0 spiro atoms. The molecule has 1 amide bonds. The number of nitrogens with zero attached hydrogens (tertiary/aromatic N) is 4. The topological polar surface area (TPSA) is 81.3 Å². The van der Waals surface area contributed by atoms with Crippen molar-refractivity contribution < 1.29 is 4.79 Å². The molecule has 1 atom stereocenters. The van der Waals surface area contributed by atoms with Crippen molar-refractivity contribution in [2.24, 2.45) is 12.0 Å². The molecular formula is C23H19N5O2S2. The minimum Gasteiger partial charge on any atom is -0.322 e. The number of hydrogen-bond acceptors (Lipinski definition) is 6. The van der Waals surface area contributed by atoms with Crippen molar-refractivity contribution in [1.29, 1.82) is 0 Å². The van der Waals surface area contributed by atoms with Gasteiger partial charge in [-0.3, -0.25) is 18.8 Å². The second-order valence-corrected chi connectivity index (χ2v) is 9.35. The molecular weight excluding hydrogens is 442 g/mol. The van der Waals surface area contributed by atoms with Crippen LogP contribution in [0.15, 0.2) is 81.3 Å². The molecule has 1 N–H and O–H groups in total. The molecule has 5 rings (SSSR count). The highest BCUT2D eigenvalue weighted by molar-refractivity contribution is 7.10. The van der Waals surface area contributed by atoms with Crippen molar-refractivity contribution in [3.63, 3.8) is 0 Å². The third-order valence-electron chi connectivity index (χ3n) is 5.13. The van der Waals surface area contributed by atoms with Gasteiger partial charge in [-0.1, -0.05) is 35.6 Å². The van der Waals surface area contributed by atoms with Crippen LogP contribution in [0.3, 0.4) is 0 Å². The fourth-order valence-corrected chi connectivity index (χ4v) is 5.58. The molecule has 4 heterocycles. The second kappa shape index (κ2) is 8.18. The Hall–Kier alpha value is -3.56. The SMILES string of the molecule is CC1=C(C(=O)Nc2ccccc2)C(c2cccs2)n2c(sc(=Cc3cnn(C)c3)c2=O)=N1. The normalized spacial score (nSPS) is 16.1. The smallest absolute Gasteiger partial charge is 0.271 e. The first-order chi connectivity index (χ1) is 15.5.